The Morgan fingerprint density at radius 2 is 2.11 bits per heavy atom. The molecule has 2 fully saturated rings. The van der Waals surface area contributed by atoms with Gasteiger partial charge in [0.25, 0.3) is 5.91 Å². The summed E-state index contributed by atoms with van der Waals surface area (Å²) < 4.78 is 0. The summed E-state index contributed by atoms with van der Waals surface area (Å²) in [6.07, 6.45) is 3.72. The van der Waals surface area contributed by atoms with Crippen LogP contribution in [0.2, 0.25) is 5.02 Å². The van der Waals surface area contributed by atoms with Gasteiger partial charge in [-0.2, -0.15) is 0 Å². The number of carbonyl (C=O) groups is 1. The van der Waals surface area contributed by atoms with E-state index in [9.17, 15) is 4.79 Å². The lowest BCUT2D eigenvalue weighted by Gasteiger charge is -2.13. The Labute approximate surface area is 111 Å². The van der Waals surface area contributed by atoms with Gasteiger partial charge < -0.3 is 10.6 Å². The molecule has 96 valence electrons. The fourth-order valence-corrected chi connectivity index (χ4v) is 3.30. The van der Waals surface area contributed by atoms with E-state index in [4.69, 9.17) is 11.6 Å². The summed E-state index contributed by atoms with van der Waals surface area (Å²) in [5, 5.41) is 6.86. The topological polar surface area (TPSA) is 54.0 Å². The van der Waals surface area contributed by atoms with Crippen LogP contribution >= 0.6 is 11.6 Å². The van der Waals surface area contributed by atoms with Crippen LogP contribution in [0.1, 0.15) is 23.3 Å². The first-order chi connectivity index (χ1) is 8.74. The fourth-order valence-electron chi connectivity index (χ4n) is 3.09. The molecule has 0 spiro atoms. The molecule has 1 saturated heterocycles. The lowest BCUT2D eigenvalue weighted by molar-refractivity contribution is 0.0931. The normalized spacial score (nSPS) is 30.2. The minimum Gasteiger partial charge on any atom is -0.348 e. The van der Waals surface area contributed by atoms with Crippen LogP contribution in [-0.2, 0) is 0 Å². The van der Waals surface area contributed by atoms with Gasteiger partial charge in [-0.15, -0.1) is 0 Å². The number of nitrogens with zero attached hydrogens (tertiary/aromatic N) is 1. The molecule has 1 saturated carbocycles. The molecule has 3 atom stereocenters. The average Bonchev–Trinajstić information content (AvgIpc) is 2.90. The second kappa shape index (κ2) is 4.86. The van der Waals surface area contributed by atoms with Crippen LogP contribution in [0.3, 0.4) is 0 Å². The molecule has 1 aliphatic carbocycles. The molecule has 18 heavy (non-hydrogen) atoms. The number of aromatic nitrogens is 1. The third-order valence-corrected chi connectivity index (χ3v) is 4.27. The minimum absolute atomic E-state index is 0.154. The average molecular weight is 266 g/mol. The molecular formula is C13H16ClN3O. The van der Waals surface area contributed by atoms with E-state index < -0.39 is 0 Å². The van der Waals surface area contributed by atoms with E-state index in [0.717, 1.165) is 37.8 Å². The zero-order valence-corrected chi connectivity index (χ0v) is 10.8. The zero-order chi connectivity index (χ0) is 12.5. The summed E-state index contributed by atoms with van der Waals surface area (Å²) >= 11 is 5.97. The van der Waals surface area contributed by atoms with Gasteiger partial charge in [0.2, 0.25) is 0 Å². The largest absolute Gasteiger partial charge is 0.348 e. The van der Waals surface area contributed by atoms with E-state index in [2.05, 4.69) is 15.6 Å². The van der Waals surface area contributed by atoms with Gasteiger partial charge in [-0.1, -0.05) is 11.6 Å². The van der Waals surface area contributed by atoms with Crippen LogP contribution in [0.15, 0.2) is 18.3 Å². The zero-order valence-electron chi connectivity index (χ0n) is 10.0. The highest BCUT2D eigenvalue weighted by Crippen LogP contribution is 2.34. The summed E-state index contributed by atoms with van der Waals surface area (Å²) in [5.41, 5.74) is 0.328. The van der Waals surface area contributed by atoms with Gasteiger partial charge in [-0.3, -0.25) is 4.79 Å². The first-order valence-corrected chi connectivity index (χ1v) is 6.74. The first kappa shape index (κ1) is 11.9. The first-order valence-electron chi connectivity index (χ1n) is 6.36. The highest BCUT2D eigenvalue weighted by atomic mass is 35.5. The molecule has 1 amide bonds. The molecule has 1 aromatic rings. The van der Waals surface area contributed by atoms with Crippen molar-refractivity contribution in [1.29, 1.82) is 0 Å². The maximum Gasteiger partial charge on any atom is 0.271 e. The number of hydrogen-bond acceptors (Lipinski definition) is 3. The molecule has 2 aliphatic rings. The Hall–Kier alpha value is -1.13. The Morgan fingerprint density at radius 3 is 2.78 bits per heavy atom. The van der Waals surface area contributed by atoms with Crippen LogP contribution < -0.4 is 10.6 Å². The van der Waals surface area contributed by atoms with E-state index in [1.54, 1.807) is 18.3 Å². The predicted molar refractivity (Wildman–Crippen MR) is 69.6 cm³/mol. The predicted octanol–water partition coefficient (Wildman–Crippen LogP) is 1.46. The summed E-state index contributed by atoms with van der Waals surface area (Å²) in [7, 11) is 0. The van der Waals surface area contributed by atoms with Gasteiger partial charge in [-0.05, 0) is 49.9 Å². The Kier molecular flexibility index (Phi) is 3.22. The molecule has 1 aromatic heterocycles. The number of halogens is 1. The monoisotopic (exact) mass is 265 g/mol. The lowest BCUT2D eigenvalue weighted by atomic mass is 10.0. The number of rotatable bonds is 2. The van der Waals surface area contributed by atoms with Gasteiger partial charge in [0.05, 0.1) is 5.02 Å². The van der Waals surface area contributed by atoms with Crippen molar-refractivity contribution in [1.82, 2.24) is 15.6 Å². The highest BCUT2D eigenvalue weighted by molar-refractivity contribution is 6.33. The summed E-state index contributed by atoms with van der Waals surface area (Å²) in [6.45, 7) is 2.17. The van der Waals surface area contributed by atoms with Gasteiger partial charge in [0, 0.05) is 12.2 Å². The number of amides is 1. The minimum atomic E-state index is -0.154. The van der Waals surface area contributed by atoms with Crippen molar-refractivity contribution in [3.05, 3.63) is 29.0 Å². The van der Waals surface area contributed by atoms with Crippen LogP contribution in [-0.4, -0.2) is 30.0 Å². The Morgan fingerprint density at radius 1 is 1.39 bits per heavy atom. The molecule has 1 aliphatic heterocycles. The summed E-state index contributed by atoms with van der Waals surface area (Å²) in [4.78, 5) is 16.1. The lowest BCUT2D eigenvalue weighted by Crippen LogP contribution is -2.34. The van der Waals surface area contributed by atoms with Crippen LogP contribution in [0.25, 0.3) is 0 Å². The number of fused-ring (bicyclic) bond motifs is 1. The maximum absolute atomic E-state index is 12.1. The summed E-state index contributed by atoms with van der Waals surface area (Å²) in [5.74, 6) is 1.28. The van der Waals surface area contributed by atoms with Gasteiger partial charge >= 0.3 is 0 Å². The van der Waals surface area contributed by atoms with E-state index >= 15 is 0 Å². The molecule has 0 aromatic carbocycles. The highest BCUT2D eigenvalue weighted by Gasteiger charge is 2.37. The molecular weight excluding hydrogens is 250 g/mol. The van der Waals surface area contributed by atoms with Crippen LogP contribution in [0, 0.1) is 11.8 Å². The van der Waals surface area contributed by atoms with E-state index in [1.165, 1.54) is 0 Å². The molecule has 0 bridgehead atoms. The third-order valence-electron chi connectivity index (χ3n) is 3.96. The summed E-state index contributed by atoms with van der Waals surface area (Å²) in [6, 6.07) is 3.69. The molecule has 3 rings (SSSR count). The van der Waals surface area contributed by atoms with Crippen molar-refractivity contribution in [2.24, 2.45) is 11.8 Å². The quantitative estimate of drug-likeness (QED) is 0.851. The van der Waals surface area contributed by atoms with E-state index in [0.29, 0.717) is 10.7 Å². The van der Waals surface area contributed by atoms with E-state index in [1.807, 2.05) is 0 Å². The number of hydrogen-bond donors (Lipinski definition) is 2. The second-order valence-corrected chi connectivity index (χ2v) is 5.56. The van der Waals surface area contributed by atoms with Crippen molar-refractivity contribution in [3.63, 3.8) is 0 Å². The van der Waals surface area contributed by atoms with E-state index in [-0.39, 0.29) is 11.9 Å². The van der Waals surface area contributed by atoms with Crippen LogP contribution in [0.4, 0.5) is 0 Å². The van der Waals surface area contributed by atoms with Crippen molar-refractivity contribution in [2.75, 3.05) is 13.1 Å². The molecule has 2 heterocycles. The standard InChI is InChI=1S/C13H16ClN3O/c14-11-2-1-3-16-12(11)13(18)17-10-4-8-6-15-7-9(8)5-10/h1-3,8-10,15H,4-7H2,(H,17,18)/t8-,9+,10-. The number of pyridine rings is 1. The Balaban J connectivity index is 1.64. The second-order valence-electron chi connectivity index (χ2n) is 5.15. The van der Waals surface area contributed by atoms with Gasteiger partial charge in [-0.25, -0.2) is 4.98 Å². The molecule has 2 N–H and O–H groups in total. The Bertz CT molecular complexity index is 453. The number of carbonyl (C=O) groups excluding carboxylic acids is 1. The van der Waals surface area contributed by atoms with Gasteiger partial charge in [0.15, 0.2) is 0 Å². The third kappa shape index (κ3) is 2.22. The van der Waals surface area contributed by atoms with Crippen molar-refractivity contribution in [3.8, 4) is 0 Å². The van der Waals surface area contributed by atoms with Crippen molar-refractivity contribution in [2.45, 2.75) is 18.9 Å². The van der Waals surface area contributed by atoms with Crippen LogP contribution in [0.5, 0.6) is 0 Å². The van der Waals surface area contributed by atoms with Gasteiger partial charge in [0.1, 0.15) is 5.69 Å². The molecule has 0 unspecified atom stereocenters. The SMILES string of the molecule is O=C(N[C@H]1C[C@H]2CNC[C@H]2C1)c1ncccc1Cl. The van der Waals surface area contributed by atoms with Crippen molar-refractivity contribution >= 4 is 17.5 Å². The molecule has 5 heteroatoms. The van der Waals surface area contributed by atoms with Crippen molar-refractivity contribution < 1.29 is 4.79 Å². The number of nitrogens with one attached hydrogen (secondary N) is 2. The maximum atomic E-state index is 12.1. The molecule has 0 radical (unpaired) electrons. The smallest absolute Gasteiger partial charge is 0.271 e. The molecule has 4 nitrogen and oxygen atoms in total. The fraction of sp³-hybridized carbons (Fsp3) is 0.538.